The summed E-state index contributed by atoms with van der Waals surface area (Å²) < 4.78 is 0. The van der Waals surface area contributed by atoms with Gasteiger partial charge in [-0.3, -0.25) is 24.7 Å². The number of halogens is 1. The highest BCUT2D eigenvalue weighted by Gasteiger charge is 2.23. The lowest BCUT2D eigenvalue weighted by Gasteiger charge is -2.18. The van der Waals surface area contributed by atoms with Crippen molar-refractivity contribution in [3.63, 3.8) is 0 Å². The van der Waals surface area contributed by atoms with Crippen molar-refractivity contribution < 1.29 is 14.5 Å². The zero-order chi connectivity index (χ0) is 19.8. The van der Waals surface area contributed by atoms with E-state index in [0.29, 0.717) is 17.9 Å². The van der Waals surface area contributed by atoms with Crippen LogP contribution in [0.3, 0.4) is 0 Å². The van der Waals surface area contributed by atoms with Crippen molar-refractivity contribution in [2.24, 2.45) is 0 Å². The molecule has 0 bridgehead atoms. The molecule has 2 N–H and O–H groups in total. The summed E-state index contributed by atoms with van der Waals surface area (Å²) in [6, 6.07) is 6.04. The smallest absolute Gasteiger partial charge is 0.270 e. The molecule has 0 aliphatic heterocycles. The second-order valence-corrected chi connectivity index (χ2v) is 6.85. The second kappa shape index (κ2) is 9.89. The van der Waals surface area contributed by atoms with Crippen LogP contribution in [-0.2, 0) is 4.79 Å². The Morgan fingerprint density at radius 2 is 2.00 bits per heavy atom. The van der Waals surface area contributed by atoms with Gasteiger partial charge in [-0.2, -0.15) is 11.8 Å². The van der Waals surface area contributed by atoms with Gasteiger partial charge in [0.15, 0.2) is 0 Å². The molecule has 0 fully saturated rings. The maximum absolute atomic E-state index is 12.5. The molecular weight excluding hydrogens is 392 g/mol. The van der Waals surface area contributed by atoms with Crippen LogP contribution in [0.15, 0.2) is 42.7 Å². The molecule has 0 saturated heterocycles. The minimum atomic E-state index is -0.788. The van der Waals surface area contributed by atoms with Gasteiger partial charge in [-0.25, -0.2) is 0 Å². The minimum absolute atomic E-state index is 0.0557. The third kappa shape index (κ3) is 5.93. The number of nitro groups is 1. The highest BCUT2D eigenvalue weighted by molar-refractivity contribution is 7.98. The molecule has 1 aromatic heterocycles. The fraction of sp³-hybridized carbons (Fsp3) is 0.235. The normalized spacial score (nSPS) is 11.5. The third-order valence-corrected chi connectivity index (χ3v) is 4.55. The van der Waals surface area contributed by atoms with Crippen molar-refractivity contribution in [2.75, 3.05) is 17.3 Å². The molecule has 2 aromatic rings. The van der Waals surface area contributed by atoms with E-state index in [9.17, 15) is 19.7 Å². The Hall–Kier alpha value is -2.65. The molecule has 1 atom stereocenters. The molecule has 2 rings (SSSR count). The summed E-state index contributed by atoms with van der Waals surface area (Å²) in [6.07, 6.45) is 5.39. The number of hydrogen-bond acceptors (Lipinski definition) is 6. The van der Waals surface area contributed by atoms with Crippen LogP contribution in [0, 0.1) is 10.1 Å². The molecule has 1 aromatic carbocycles. The quantitative estimate of drug-likeness (QED) is 0.512. The monoisotopic (exact) mass is 408 g/mol. The molecule has 8 nitrogen and oxygen atoms in total. The van der Waals surface area contributed by atoms with Crippen LogP contribution in [-0.4, -0.2) is 39.8 Å². The molecule has 0 saturated carbocycles. The Balaban J connectivity index is 2.13. The van der Waals surface area contributed by atoms with Crippen molar-refractivity contribution in [3.05, 3.63) is 63.4 Å². The van der Waals surface area contributed by atoms with Gasteiger partial charge < -0.3 is 10.6 Å². The molecule has 0 spiro atoms. The molecular formula is C17H17ClN4O4S. The van der Waals surface area contributed by atoms with Gasteiger partial charge in [0.2, 0.25) is 5.91 Å². The summed E-state index contributed by atoms with van der Waals surface area (Å²) in [5, 5.41) is 16.1. The number of aromatic nitrogens is 1. The minimum Gasteiger partial charge on any atom is -0.340 e. The number of anilines is 1. The van der Waals surface area contributed by atoms with Gasteiger partial charge in [0, 0.05) is 30.2 Å². The number of nitro benzene ring substituents is 1. The van der Waals surface area contributed by atoms with Crippen LogP contribution in [0.2, 0.25) is 5.02 Å². The van der Waals surface area contributed by atoms with E-state index in [1.807, 2.05) is 6.26 Å². The number of carbonyl (C=O) groups is 2. The Bertz CT molecular complexity index is 835. The molecule has 0 aliphatic rings. The van der Waals surface area contributed by atoms with Gasteiger partial charge in [0.25, 0.3) is 11.6 Å². The molecule has 2 amide bonds. The van der Waals surface area contributed by atoms with Crippen LogP contribution in [0.5, 0.6) is 0 Å². The molecule has 27 heavy (non-hydrogen) atoms. The molecule has 1 heterocycles. The largest absolute Gasteiger partial charge is 0.340 e. The number of nitrogens with zero attached hydrogens (tertiary/aromatic N) is 2. The molecule has 142 valence electrons. The standard InChI is InChI=1S/C17H17ClN4O4S/c1-27-9-6-15(17(24)20-11-4-7-19-8-5-11)21-16(23)13-3-2-12(22(25)26)10-14(13)18/h2-5,7-8,10,15H,6,9H2,1H3,(H,21,23)(H,19,20,24). The summed E-state index contributed by atoms with van der Waals surface area (Å²) in [7, 11) is 0. The fourth-order valence-corrected chi connectivity index (χ4v) is 2.94. The van der Waals surface area contributed by atoms with Crippen molar-refractivity contribution in [1.29, 1.82) is 0 Å². The maximum Gasteiger partial charge on any atom is 0.270 e. The Morgan fingerprint density at radius 3 is 2.59 bits per heavy atom. The summed E-state index contributed by atoms with van der Waals surface area (Å²) in [5.74, 6) is -0.296. The lowest BCUT2D eigenvalue weighted by atomic mass is 10.1. The number of pyridine rings is 1. The number of carbonyl (C=O) groups excluding carboxylic acids is 2. The molecule has 1 unspecified atom stereocenters. The zero-order valence-corrected chi connectivity index (χ0v) is 15.9. The number of hydrogen-bond donors (Lipinski definition) is 2. The number of rotatable bonds is 8. The zero-order valence-electron chi connectivity index (χ0n) is 14.3. The number of benzene rings is 1. The average molecular weight is 409 g/mol. The van der Waals surface area contributed by atoms with E-state index in [-0.39, 0.29) is 22.2 Å². The van der Waals surface area contributed by atoms with Crippen molar-refractivity contribution in [2.45, 2.75) is 12.5 Å². The SMILES string of the molecule is CSCCC(NC(=O)c1ccc([N+](=O)[O-])cc1Cl)C(=O)Nc1ccncc1. The van der Waals surface area contributed by atoms with Crippen molar-refractivity contribution >= 4 is 46.6 Å². The maximum atomic E-state index is 12.5. The van der Waals surface area contributed by atoms with Crippen LogP contribution in [0.1, 0.15) is 16.8 Å². The Kier molecular flexibility index (Phi) is 7.56. The topological polar surface area (TPSA) is 114 Å². The van der Waals surface area contributed by atoms with Crippen LogP contribution in [0.4, 0.5) is 11.4 Å². The highest BCUT2D eigenvalue weighted by Crippen LogP contribution is 2.22. The van der Waals surface area contributed by atoms with Gasteiger partial charge >= 0.3 is 0 Å². The van der Waals surface area contributed by atoms with Crippen LogP contribution < -0.4 is 10.6 Å². The van der Waals surface area contributed by atoms with E-state index in [4.69, 9.17) is 11.6 Å². The third-order valence-electron chi connectivity index (χ3n) is 3.59. The summed E-state index contributed by atoms with van der Waals surface area (Å²) in [4.78, 5) is 39.1. The number of amides is 2. The van der Waals surface area contributed by atoms with E-state index in [1.165, 1.54) is 12.1 Å². The van der Waals surface area contributed by atoms with Gasteiger partial charge in [-0.1, -0.05) is 11.6 Å². The summed E-state index contributed by atoms with van der Waals surface area (Å²) in [6.45, 7) is 0. The first-order chi connectivity index (χ1) is 12.9. The average Bonchev–Trinajstić information content (AvgIpc) is 2.65. The molecule has 10 heteroatoms. The highest BCUT2D eigenvalue weighted by atomic mass is 35.5. The van der Waals surface area contributed by atoms with Gasteiger partial charge in [0.05, 0.1) is 15.5 Å². The van der Waals surface area contributed by atoms with E-state index in [1.54, 1.807) is 36.3 Å². The van der Waals surface area contributed by atoms with Crippen LogP contribution in [0.25, 0.3) is 0 Å². The number of non-ortho nitro benzene ring substituents is 1. The first-order valence-electron chi connectivity index (χ1n) is 7.87. The summed E-state index contributed by atoms with van der Waals surface area (Å²) in [5.41, 5.74) is 0.408. The lowest BCUT2D eigenvalue weighted by molar-refractivity contribution is -0.384. The first kappa shape index (κ1) is 20.7. The summed E-state index contributed by atoms with van der Waals surface area (Å²) >= 11 is 7.53. The van der Waals surface area contributed by atoms with Crippen molar-refractivity contribution in [1.82, 2.24) is 10.3 Å². The Morgan fingerprint density at radius 1 is 1.30 bits per heavy atom. The predicted octanol–water partition coefficient (Wildman–Crippen LogP) is 3.13. The second-order valence-electron chi connectivity index (χ2n) is 5.45. The van der Waals surface area contributed by atoms with E-state index < -0.39 is 16.9 Å². The van der Waals surface area contributed by atoms with E-state index in [2.05, 4.69) is 15.6 Å². The van der Waals surface area contributed by atoms with E-state index in [0.717, 1.165) is 6.07 Å². The van der Waals surface area contributed by atoms with Gasteiger partial charge in [0.1, 0.15) is 6.04 Å². The molecule has 0 radical (unpaired) electrons. The first-order valence-corrected chi connectivity index (χ1v) is 9.64. The Labute approximate surface area is 164 Å². The van der Waals surface area contributed by atoms with Crippen molar-refractivity contribution in [3.8, 4) is 0 Å². The van der Waals surface area contributed by atoms with E-state index >= 15 is 0 Å². The van der Waals surface area contributed by atoms with Gasteiger partial charge in [-0.15, -0.1) is 0 Å². The predicted molar refractivity (Wildman–Crippen MR) is 105 cm³/mol. The van der Waals surface area contributed by atoms with Gasteiger partial charge in [-0.05, 0) is 36.6 Å². The number of thioether (sulfide) groups is 1. The van der Waals surface area contributed by atoms with Crippen LogP contribution >= 0.6 is 23.4 Å². The number of nitrogens with one attached hydrogen (secondary N) is 2. The molecule has 0 aliphatic carbocycles. The lowest BCUT2D eigenvalue weighted by Crippen LogP contribution is -2.44. The fourth-order valence-electron chi connectivity index (χ4n) is 2.21.